The molecule has 0 fully saturated rings. The fraction of sp³-hybridized carbons (Fsp3) is 0.436. The first-order valence-electron chi connectivity index (χ1n) is 16.7. The summed E-state index contributed by atoms with van der Waals surface area (Å²) in [5.74, 6) is 5.98. The molecular formula is C39H51N4OS+. The summed E-state index contributed by atoms with van der Waals surface area (Å²) in [6.07, 6.45) is 15.2. The van der Waals surface area contributed by atoms with Gasteiger partial charge in [-0.25, -0.2) is 5.84 Å². The lowest BCUT2D eigenvalue weighted by Gasteiger charge is -2.27. The molecule has 45 heavy (non-hydrogen) atoms. The largest absolute Gasteiger partial charge is 0.344 e. The highest BCUT2D eigenvalue weighted by Crippen LogP contribution is 2.48. The van der Waals surface area contributed by atoms with Crippen LogP contribution in [0.2, 0.25) is 0 Å². The fourth-order valence-electron chi connectivity index (χ4n) is 7.29. The second-order valence-corrected chi connectivity index (χ2v) is 14.5. The van der Waals surface area contributed by atoms with Gasteiger partial charge in [-0.15, -0.1) is 11.8 Å². The molecule has 0 saturated heterocycles. The van der Waals surface area contributed by atoms with Gasteiger partial charge in [0.15, 0.2) is 5.71 Å². The van der Waals surface area contributed by atoms with Gasteiger partial charge in [0.25, 0.3) is 0 Å². The molecule has 1 aliphatic carbocycles. The minimum atomic E-state index is -0.124. The lowest BCUT2D eigenvalue weighted by Crippen LogP contribution is -2.30. The first-order valence-corrected chi connectivity index (χ1v) is 17.7. The van der Waals surface area contributed by atoms with E-state index in [-0.39, 0.29) is 16.7 Å². The number of allylic oxidation sites excluding steroid dienone is 7. The van der Waals surface area contributed by atoms with Gasteiger partial charge >= 0.3 is 0 Å². The van der Waals surface area contributed by atoms with Gasteiger partial charge in [-0.3, -0.25) is 10.2 Å². The number of carbonyl (C=O) groups is 1. The van der Waals surface area contributed by atoms with E-state index in [2.05, 4.69) is 129 Å². The Bertz CT molecular complexity index is 1590. The van der Waals surface area contributed by atoms with Gasteiger partial charge in [-0.2, -0.15) is 4.58 Å². The van der Waals surface area contributed by atoms with Crippen LogP contribution in [0.15, 0.2) is 94.6 Å². The summed E-state index contributed by atoms with van der Waals surface area (Å²) in [7, 11) is 0. The second kappa shape index (κ2) is 14.0. The number of anilines is 1. The highest BCUT2D eigenvalue weighted by molar-refractivity contribution is 8.03. The maximum absolute atomic E-state index is 12.1. The van der Waals surface area contributed by atoms with Gasteiger partial charge in [0.1, 0.15) is 6.54 Å². The van der Waals surface area contributed by atoms with Gasteiger partial charge in [0.2, 0.25) is 11.6 Å². The van der Waals surface area contributed by atoms with Crippen LogP contribution in [-0.4, -0.2) is 35.0 Å². The number of para-hydroxylation sites is 2. The monoisotopic (exact) mass is 623 g/mol. The quantitative estimate of drug-likeness (QED) is 0.114. The first kappa shape index (κ1) is 33.0. The molecule has 5 rings (SSSR count). The van der Waals surface area contributed by atoms with E-state index in [1.54, 1.807) is 11.8 Å². The number of carbonyl (C=O) groups excluding carboxylic acids is 1. The number of thioether (sulfide) groups is 1. The van der Waals surface area contributed by atoms with Crippen LogP contribution in [0, 0.1) is 0 Å². The molecule has 0 bridgehead atoms. The molecule has 0 radical (unpaired) electrons. The van der Waals surface area contributed by atoms with Crippen LogP contribution in [0.3, 0.4) is 0 Å². The molecule has 0 spiro atoms. The average molecular weight is 624 g/mol. The molecule has 5 nitrogen and oxygen atoms in total. The molecule has 0 aromatic heterocycles. The number of amides is 1. The number of hydrazine groups is 1. The van der Waals surface area contributed by atoms with E-state index in [9.17, 15) is 4.79 Å². The van der Waals surface area contributed by atoms with Crippen LogP contribution in [-0.2, 0) is 15.6 Å². The third-order valence-corrected chi connectivity index (χ3v) is 10.8. The number of rotatable bonds is 11. The summed E-state index contributed by atoms with van der Waals surface area (Å²) >= 11 is 1.80. The topological polar surface area (TPSA) is 61.4 Å². The number of benzene rings is 2. The Morgan fingerprint density at radius 2 is 1.69 bits per heavy atom. The van der Waals surface area contributed by atoms with E-state index in [1.807, 2.05) is 0 Å². The number of hydrogen-bond acceptors (Lipinski definition) is 4. The van der Waals surface area contributed by atoms with Crippen molar-refractivity contribution in [2.45, 2.75) is 90.9 Å². The minimum absolute atomic E-state index is 0.0705. The fourth-order valence-corrected chi connectivity index (χ4v) is 8.50. The summed E-state index contributed by atoms with van der Waals surface area (Å²) in [6.45, 7) is 15.9. The average Bonchev–Trinajstić information content (AvgIpc) is 3.38. The zero-order valence-corrected chi connectivity index (χ0v) is 28.9. The Labute approximate surface area is 275 Å². The molecule has 2 aliphatic heterocycles. The molecule has 1 amide bonds. The smallest absolute Gasteiger partial charge is 0.234 e. The molecule has 2 aromatic rings. The predicted octanol–water partition coefficient (Wildman–Crippen LogP) is 8.60. The Morgan fingerprint density at radius 1 is 0.956 bits per heavy atom. The molecular weight excluding hydrogens is 573 g/mol. The van der Waals surface area contributed by atoms with Crippen molar-refractivity contribution in [2.24, 2.45) is 5.84 Å². The van der Waals surface area contributed by atoms with E-state index in [0.29, 0.717) is 12.2 Å². The predicted molar refractivity (Wildman–Crippen MR) is 192 cm³/mol. The summed E-state index contributed by atoms with van der Waals surface area (Å²) in [5, 5.41) is 0. The van der Waals surface area contributed by atoms with Gasteiger partial charge in [-0.05, 0) is 68.4 Å². The van der Waals surface area contributed by atoms with E-state index in [1.165, 1.54) is 50.0 Å². The van der Waals surface area contributed by atoms with Crippen LogP contribution in [0.4, 0.5) is 11.4 Å². The van der Waals surface area contributed by atoms with E-state index < -0.39 is 0 Å². The van der Waals surface area contributed by atoms with Crippen LogP contribution in [0.1, 0.15) is 91.2 Å². The number of fused-ring (bicyclic) bond motifs is 2. The van der Waals surface area contributed by atoms with Gasteiger partial charge in [-0.1, -0.05) is 76.2 Å². The lowest BCUT2D eigenvalue weighted by molar-refractivity contribution is -0.437. The van der Waals surface area contributed by atoms with Gasteiger partial charge in [0.05, 0.1) is 5.41 Å². The molecule has 0 atom stereocenters. The first-order chi connectivity index (χ1) is 21.6. The van der Waals surface area contributed by atoms with Crippen LogP contribution in [0.5, 0.6) is 0 Å². The highest BCUT2D eigenvalue weighted by atomic mass is 32.2. The van der Waals surface area contributed by atoms with Crippen molar-refractivity contribution in [3.8, 4) is 0 Å². The Morgan fingerprint density at radius 3 is 2.42 bits per heavy atom. The summed E-state index contributed by atoms with van der Waals surface area (Å²) in [4.78, 5) is 15.9. The molecule has 3 aliphatic rings. The van der Waals surface area contributed by atoms with Crippen molar-refractivity contribution < 1.29 is 9.37 Å². The van der Waals surface area contributed by atoms with Crippen LogP contribution >= 0.6 is 11.8 Å². The third kappa shape index (κ3) is 6.50. The summed E-state index contributed by atoms with van der Waals surface area (Å²) < 4.78 is 2.51. The van der Waals surface area contributed by atoms with Crippen molar-refractivity contribution in [1.82, 2.24) is 5.43 Å². The van der Waals surface area contributed by atoms with Crippen molar-refractivity contribution in [3.63, 3.8) is 0 Å². The highest BCUT2D eigenvalue weighted by Gasteiger charge is 2.44. The van der Waals surface area contributed by atoms with Crippen LogP contribution < -0.4 is 16.2 Å². The summed E-state index contributed by atoms with van der Waals surface area (Å²) in [6, 6.07) is 17.7. The van der Waals surface area contributed by atoms with E-state index in [0.717, 1.165) is 45.2 Å². The molecule has 2 aromatic carbocycles. The SMILES string of the molecule is CCCN1/C(=C/C=C2\CCCC(/C=C/C3=[N+](CCC)c4ccccc4C3(C)C)=C2SCCC(=O)NN)C(C)(C)c2ccccc21. The van der Waals surface area contributed by atoms with E-state index >= 15 is 0 Å². The molecule has 0 unspecified atom stereocenters. The molecule has 2 heterocycles. The standard InChI is InChI=1S/C39H50N4OS/c1-7-25-42-32-18-11-9-16-30(32)38(3,4)34(42)22-20-28-14-13-15-29(37(28)45-27-24-36(44)41-40)21-23-35-39(5,6)31-17-10-12-19-33(31)43(35)26-8-2/h9-12,16-23H,7-8,13-15,24-27,40H2,1-6H3/p+1. The van der Waals surface area contributed by atoms with Crippen LogP contribution in [0.25, 0.3) is 0 Å². The van der Waals surface area contributed by atoms with Gasteiger partial charge < -0.3 is 4.90 Å². The number of nitrogens with zero attached hydrogens (tertiary/aromatic N) is 2. The lowest BCUT2D eigenvalue weighted by atomic mass is 9.81. The number of nitrogens with one attached hydrogen (secondary N) is 1. The van der Waals surface area contributed by atoms with Crippen molar-refractivity contribution in [3.05, 3.63) is 106 Å². The zero-order valence-electron chi connectivity index (χ0n) is 28.1. The van der Waals surface area contributed by atoms with Gasteiger partial charge in [0, 0.05) is 64.5 Å². The molecule has 238 valence electrons. The summed E-state index contributed by atoms with van der Waals surface area (Å²) in [5.41, 5.74) is 13.0. The Hall–Kier alpha value is -3.35. The van der Waals surface area contributed by atoms with Crippen molar-refractivity contribution >= 4 is 34.8 Å². The van der Waals surface area contributed by atoms with Crippen molar-refractivity contribution in [1.29, 1.82) is 0 Å². The Kier molecular flexibility index (Phi) is 10.2. The normalized spacial score (nSPS) is 20.5. The van der Waals surface area contributed by atoms with Crippen molar-refractivity contribution in [2.75, 3.05) is 23.7 Å². The number of nitrogens with two attached hydrogens (primary N) is 1. The minimum Gasteiger partial charge on any atom is -0.344 e. The maximum atomic E-state index is 12.1. The maximum Gasteiger partial charge on any atom is 0.234 e. The molecule has 3 N–H and O–H groups in total. The molecule has 6 heteroatoms. The second-order valence-electron chi connectivity index (χ2n) is 13.4. The molecule has 0 saturated carbocycles. The third-order valence-electron chi connectivity index (χ3n) is 9.59. The van der Waals surface area contributed by atoms with E-state index in [4.69, 9.17) is 5.84 Å². The zero-order chi connectivity index (χ0) is 32.2. The Balaban J connectivity index is 1.56. The number of hydrogen-bond donors (Lipinski definition) is 2.